The minimum Gasteiger partial charge on any atom is -1.00 e. The van der Waals surface area contributed by atoms with Gasteiger partial charge in [-0.1, -0.05) is 0 Å². The van der Waals surface area contributed by atoms with Crippen molar-refractivity contribution in [1.82, 2.24) is 0 Å². The van der Waals surface area contributed by atoms with Crippen molar-refractivity contribution < 1.29 is 45.2 Å². The zero-order chi connectivity index (χ0) is 15.2. The van der Waals surface area contributed by atoms with Gasteiger partial charge in [0.25, 0.3) is 0 Å². The molecule has 0 aliphatic heterocycles. The van der Waals surface area contributed by atoms with E-state index in [0.717, 1.165) is 11.8 Å². The number of hydrogen-bond acceptors (Lipinski definition) is 0. The fourth-order valence-corrected chi connectivity index (χ4v) is 23.9. The topological polar surface area (TPSA) is 0 Å². The third-order valence-electron chi connectivity index (χ3n) is 5.01. The molecular formula is C18H28Cl2SiZr. The van der Waals surface area contributed by atoms with Gasteiger partial charge >= 0.3 is 133 Å². The summed E-state index contributed by atoms with van der Waals surface area (Å²) in [6.07, 6.45) is 4.92. The Hall–Kier alpha value is 0.640. The van der Waals surface area contributed by atoms with E-state index in [0.29, 0.717) is 0 Å². The molecule has 122 valence electrons. The van der Waals surface area contributed by atoms with E-state index in [-0.39, 0.29) is 30.2 Å². The van der Waals surface area contributed by atoms with Gasteiger partial charge in [0.1, 0.15) is 0 Å². The Morgan fingerprint density at radius 2 is 1.09 bits per heavy atom. The molecule has 2 rings (SSSR count). The maximum atomic E-state index is 2.57. The van der Waals surface area contributed by atoms with Gasteiger partial charge in [0, 0.05) is 0 Å². The van der Waals surface area contributed by atoms with Crippen LogP contribution in [0.3, 0.4) is 0 Å². The van der Waals surface area contributed by atoms with Crippen LogP contribution in [0.5, 0.6) is 0 Å². The van der Waals surface area contributed by atoms with E-state index in [1.54, 1.807) is 22.3 Å². The van der Waals surface area contributed by atoms with Gasteiger partial charge in [-0.25, -0.2) is 0 Å². The quantitative estimate of drug-likeness (QED) is 0.519. The normalized spacial score (nSPS) is 23.4. The summed E-state index contributed by atoms with van der Waals surface area (Å²) in [6.45, 7) is 19.4. The first-order valence-electron chi connectivity index (χ1n) is 7.71. The van der Waals surface area contributed by atoms with Gasteiger partial charge in [0.05, 0.1) is 0 Å². The molecule has 2 unspecified atom stereocenters. The fraction of sp³-hybridized carbons (Fsp3) is 0.556. The van der Waals surface area contributed by atoms with Gasteiger partial charge in [-0.05, 0) is 0 Å². The Morgan fingerprint density at radius 1 is 0.773 bits per heavy atom. The smallest absolute Gasteiger partial charge is 1.00 e. The van der Waals surface area contributed by atoms with E-state index in [9.17, 15) is 0 Å². The van der Waals surface area contributed by atoms with Crippen molar-refractivity contribution in [2.75, 3.05) is 0 Å². The van der Waals surface area contributed by atoms with E-state index in [4.69, 9.17) is 0 Å². The molecule has 4 heteroatoms. The van der Waals surface area contributed by atoms with Crippen LogP contribution in [-0.2, 0) is 20.4 Å². The van der Waals surface area contributed by atoms with Gasteiger partial charge < -0.3 is 24.8 Å². The first-order valence-corrected chi connectivity index (χ1v) is 16.4. The summed E-state index contributed by atoms with van der Waals surface area (Å²) >= 11 is -1.66. The minimum atomic E-state index is -1.66. The minimum absolute atomic E-state index is 0. The third kappa shape index (κ3) is 4.00. The van der Waals surface area contributed by atoms with Crippen molar-refractivity contribution in [3.63, 3.8) is 0 Å². The Bertz CT molecular complexity index is 569. The molecule has 0 aromatic heterocycles. The number of halogens is 2. The molecule has 0 amide bonds. The molecule has 0 nitrogen and oxygen atoms in total. The Balaban J connectivity index is 0.00000220. The summed E-state index contributed by atoms with van der Waals surface area (Å²) in [7, 11) is 0. The van der Waals surface area contributed by atoms with Crippen LogP contribution < -0.4 is 24.8 Å². The van der Waals surface area contributed by atoms with Crippen molar-refractivity contribution in [2.45, 2.75) is 54.6 Å². The van der Waals surface area contributed by atoms with Crippen LogP contribution in [0, 0.1) is 11.8 Å². The molecule has 0 heterocycles. The standard InChI is InChI=1S/2C8H11.C2H6Si.2ClH.Zr/c2*1-6-4-7(2)8(3)5-6;1-3-2;;;/h2*4,8H,1-3H3;1-2H3;2*1H;/q;;;;;+2/p-2. The van der Waals surface area contributed by atoms with Crippen molar-refractivity contribution >= 4 is 5.43 Å². The van der Waals surface area contributed by atoms with Crippen LogP contribution in [-0.4, -0.2) is 5.43 Å². The van der Waals surface area contributed by atoms with Crippen molar-refractivity contribution in [3.05, 3.63) is 41.0 Å². The second kappa shape index (κ2) is 8.65. The van der Waals surface area contributed by atoms with Gasteiger partial charge in [0.15, 0.2) is 0 Å². The fourth-order valence-electron chi connectivity index (χ4n) is 3.74. The van der Waals surface area contributed by atoms with E-state index < -0.39 is 20.4 Å². The summed E-state index contributed by atoms with van der Waals surface area (Å²) in [4.78, 5) is 0. The average Bonchev–Trinajstić information content (AvgIpc) is 2.72. The van der Waals surface area contributed by atoms with E-state index in [1.807, 2.05) is 6.56 Å². The third-order valence-corrected chi connectivity index (χ3v) is 23.3. The molecule has 22 heavy (non-hydrogen) atoms. The predicted octanol–water partition coefficient (Wildman–Crippen LogP) is -0.396. The summed E-state index contributed by atoms with van der Waals surface area (Å²) in [5.41, 5.74) is 6.22. The molecule has 0 aromatic carbocycles. The average molecular weight is 435 g/mol. The first-order chi connectivity index (χ1) is 9.25. The Kier molecular flexibility index (Phi) is 8.90. The van der Waals surface area contributed by atoms with Gasteiger partial charge in [0.2, 0.25) is 0 Å². The summed E-state index contributed by atoms with van der Waals surface area (Å²) in [6, 6.07) is 0. The van der Waals surface area contributed by atoms with Crippen LogP contribution in [0.4, 0.5) is 0 Å². The summed E-state index contributed by atoms with van der Waals surface area (Å²) in [5.74, 6) is 1.44. The van der Waals surface area contributed by atoms with E-state index in [2.05, 4.69) is 66.8 Å². The summed E-state index contributed by atoms with van der Waals surface area (Å²) in [5, 5.41) is 0. The molecule has 0 aromatic rings. The second-order valence-corrected chi connectivity index (χ2v) is 23.6. The van der Waals surface area contributed by atoms with Crippen molar-refractivity contribution in [2.24, 2.45) is 11.8 Å². The van der Waals surface area contributed by atoms with Crippen LogP contribution in [0.1, 0.15) is 41.5 Å². The molecule has 0 radical (unpaired) electrons. The Labute approximate surface area is 157 Å². The molecule has 0 spiro atoms. The molecule has 2 aliphatic carbocycles. The van der Waals surface area contributed by atoms with Crippen LogP contribution >= 0.6 is 0 Å². The van der Waals surface area contributed by atoms with Gasteiger partial charge in [-0.15, -0.1) is 0 Å². The maximum absolute atomic E-state index is 2.57. The van der Waals surface area contributed by atoms with Gasteiger partial charge in [-0.3, -0.25) is 0 Å². The monoisotopic (exact) mass is 432 g/mol. The van der Waals surface area contributed by atoms with Crippen LogP contribution in [0.25, 0.3) is 0 Å². The zero-order valence-corrected chi connectivity index (χ0v) is 20.0. The Morgan fingerprint density at radius 3 is 1.27 bits per heavy atom. The van der Waals surface area contributed by atoms with E-state index >= 15 is 0 Å². The summed E-state index contributed by atoms with van der Waals surface area (Å²) < 4.78 is 3.82. The molecular weight excluding hydrogens is 406 g/mol. The van der Waals surface area contributed by atoms with Gasteiger partial charge in [-0.2, -0.15) is 0 Å². The second-order valence-electron chi connectivity index (χ2n) is 6.79. The largest absolute Gasteiger partial charge is 1.00 e. The SMILES string of the molecule is CC1=CC(C)=[C]([Zr+2]([C]2=C(C)C=C(C)C2C)=[Si](C)C)C1C.[Cl-].[Cl-]. The van der Waals surface area contributed by atoms with Crippen molar-refractivity contribution in [1.29, 1.82) is 0 Å². The van der Waals surface area contributed by atoms with E-state index in [1.165, 1.54) is 0 Å². The molecule has 2 aliphatic rings. The zero-order valence-electron chi connectivity index (χ0n) is 15.1. The number of allylic oxidation sites excluding steroid dienone is 8. The molecule has 0 saturated heterocycles. The van der Waals surface area contributed by atoms with Crippen molar-refractivity contribution in [3.8, 4) is 0 Å². The number of hydrogen-bond donors (Lipinski definition) is 0. The number of rotatable bonds is 2. The molecule has 0 bridgehead atoms. The predicted molar refractivity (Wildman–Crippen MR) is 88.7 cm³/mol. The first kappa shape index (κ1) is 22.6. The molecule has 0 fully saturated rings. The molecule has 0 N–H and O–H groups in total. The molecule has 2 atom stereocenters. The maximum Gasteiger partial charge on any atom is -1.00 e. The van der Waals surface area contributed by atoms with Crippen LogP contribution in [0.15, 0.2) is 41.0 Å². The molecule has 0 saturated carbocycles. The van der Waals surface area contributed by atoms with Crippen LogP contribution in [0.2, 0.25) is 13.1 Å².